The van der Waals surface area contributed by atoms with Gasteiger partial charge in [-0.05, 0) is 40.4 Å². The van der Waals surface area contributed by atoms with E-state index in [-0.39, 0.29) is 0 Å². The second kappa shape index (κ2) is 4.59. The molecule has 0 aliphatic carbocycles. The highest BCUT2D eigenvalue weighted by Gasteiger charge is 2.17. The van der Waals surface area contributed by atoms with Crippen molar-refractivity contribution in [3.8, 4) is 10.6 Å². The van der Waals surface area contributed by atoms with Crippen LogP contribution < -0.4 is 5.73 Å². The Labute approximate surface area is 107 Å². The summed E-state index contributed by atoms with van der Waals surface area (Å²) >= 11 is 5.06. The van der Waals surface area contributed by atoms with Crippen molar-refractivity contribution in [3.05, 3.63) is 21.5 Å². The van der Waals surface area contributed by atoms with Gasteiger partial charge in [-0.3, -0.25) is 0 Å². The van der Waals surface area contributed by atoms with Gasteiger partial charge in [0.25, 0.3) is 0 Å². The summed E-state index contributed by atoms with van der Waals surface area (Å²) in [5.74, 6) is 1.85. The smallest absolute Gasteiger partial charge is 0.182 e. The Morgan fingerprint density at radius 1 is 1.50 bits per heavy atom. The maximum atomic E-state index is 5.82. The molecule has 2 aromatic rings. The molecular formula is C11H13BrN2OS. The Balaban J connectivity index is 2.41. The fraction of sp³-hybridized carbons (Fsp3) is 0.364. The molecule has 0 saturated heterocycles. The van der Waals surface area contributed by atoms with Crippen molar-refractivity contribution in [2.24, 2.45) is 5.92 Å². The van der Waals surface area contributed by atoms with Gasteiger partial charge in [-0.15, -0.1) is 11.3 Å². The van der Waals surface area contributed by atoms with Crippen LogP contribution in [-0.2, 0) is 6.42 Å². The average molecular weight is 301 g/mol. The molecule has 2 heterocycles. The first-order valence-electron chi connectivity index (χ1n) is 5.07. The first-order valence-corrected chi connectivity index (χ1v) is 6.68. The van der Waals surface area contributed by atoms with E-state index in [1.165, 1.54) is 0 Å². The maximum absolute atomic E-state index is 5.82. The van der Waals surface area contributed by atoms with Gasteiger partial charge in [0.2, 0.25) is 0 Å². The summed E-state index contributed by atoms with van der Waals surface area (Å²) in [6.07, 6.45) is 0.889. The lowest BCUT2D eigenvalue weighted by Gasteiger charge is -2.03. The standard InChI is InChI=1S/C11H13BrN2OS/c1-6(2)5-7-10(15-14-11(7)13)8-3-4-9(12)16-8/h3-4,6H,5H2,1-2H3,(H2,13,14). The Morgan fingerprint density at radius 3 is 2.81 bits per heavy atom. The molecule has 2 N–H and O–H groups in total. The molecule has 3 nitrogen and oxygen atoms in total. The highest BCUT2D eigenvalue weighted by Crippen LogP contribution is 2.36. The summed E-state index contributed by atoms with van der Waals surface area (Å²) < 4.78 is 6.39. The van der Waals surface area contributed by atoms with E-state index < -0.39 is 0 Å². The highest BCUT2D eigenvalue weighted by molar-refractivity contribution is 9.11. The van der Waals surface area contributed by atoms with E-state index in [4.69, 9.17) is 10.3 Å². The molecule has 0 radical (unpaired) electrons. The lowest BCUT2D eigenvalue weighted by molar-refractivity contribution is 0.435. The zero-order valence-electron chi connectivity index (χ0n) is 9.16. The van der Waals surface area contributed by atoms with Crippen LogP contribution in [0.15, 0.2) is 20.4 Å². The predicted molar refractivity (Wildman–Crippen MR) is 70.5 cm³/mol. The Kier molecular flexibility index (Phi) is 3.35. The van der Waals surface area contributed by atoms with Gasteiger partial charge >= 0.3 is 0 Å². The summed E-state index contributed by atoms with van der Waals surface area (Å²) in [5.41, 5.74) is 6.84. The molecule has 0 fully saturated rings. The van der Waals surface area contributed by atoms with Gasteiger partial charge in [0.15, 0.2) is 11.6 Å². The molecule has 0 unspecified atom stereocenters. The molecule has 5 heteroatoms. The van der Waals surface area contributed by atoms with Crippen molar-refractivity contribution in [1.82, 2.24) is 5.16 Å². The molecule has 2 aromatic heterocycles. The van der Waals surface area contributed by atoms with Crippen LogP contribution >= 0.6 is 27.3 Å². The van der Waals surface area contributed by atoms with E-state index in [0.29, 0.717) is 11.7 Å². The van der Waals surface area contributed by atoms with Crippen LogP contribution in [0.1, 0.15) is 19.4 Å². The van der Waals surface area contributed by atoms with Crippen molar-refractivity contribution in [2.75, 3.05) is 5.73 Å². The number of rotatable bonds is 3. The monoisotopic (exact) mass is 300 g/mol. The second-order valence-electron chi connectivity index (χ2n) is 4.08. The molecule has 16 heavy (non-hydrogen) atoms. The molecule has 86 valence electrons. The van der Waals surface area contributed by atoms with Gasteiger partial charge in [0, 0.05) is 5.56 Å². The summed E-state index contributed by atoms with van der Waals surface area (Å²) in [7, 11) is 0. The summed E-state index contributed by atoms with van der Waals surface area (Å²) in [4.78, 5) is 1.06. The van der Waals surface area contributed by atoms with E-state index in [1.807, 2.05) is 12.1 Å². The van der Waals surface area contributed by atoms with Crippen molar-refractivity contribution < 1.29 is 4.52 Å². The number of halogens is 1. The molecule has 0 atom stereocenters. The minimum absolute atomic E-state index is 0.508. The number of nitrogen functional groups attached to an aromatic ring is 1. The van der Waals surface area contributed by atoms with E-state index >= 15 is 0 Å². The first-order chi connectivity index (χ1) is 7.58. The lowest BCUT2D eigenvalue weighted by atomic mass is 10.0. The SMILES string of the molecule is CC(C)Cc1c(N)noc1-c1ccc(Br)s1. The average Bonchev–Trinajstić information content (AvgIpc) is 2.75. The lowest BCUT2D eigenvalue weighted by Crippen LogP contribution is -1.98. The normalized spacial score (nSPS) is 11.2. The Bertz CT molecular complexity index is 490. The summed E-state index contributed by atoms with van der Waals surface area (Å²) in [6, 6.07) is 4.01. The number of hydrogen-bond donors (Lipinski definition) is 1. The predicted octanol–water partition coefficient (Wildman–Crippen LogP) is 3.95. The minimum atomic E-state index is 0.508. The third-order valence-electron chi connectivity index (χ3n) is 2.23. The maximum Gasteiger partial charge on any atom is 0.182 e. The molecule has 0 amide bonds. The van der Waals surface area contributed by atoms with E-state index in [2.05, 4.69) is 34.9 Å². The van der Waals surface area contributed by atoms with Gasteiger partial charge in [-0.2, -0.15) is 0 Å². The van der Waals surface area contributed by atoms with Crippen molar-refractivity contribution in [3.63, 3.8) is 0 Å². The van der Waals surface area contributed by atoms with Crippen LogP contribution in [0, 0.1) is 5.92 Å². The Morgan fingerprint density at radius 2 is 2.25 bits per heavy atom. The van der Waals surface area contributed by atoms with Gasteiger partial charge in [0.05, 0.1) is 8.66 Å². The summed E-state index contributed by atoms with van der Waals surface area (Å²) in [5, 5.41) is 3.85. The van der Waals surface area contributed by atoms with Gasteiger partial charge in [-0.1, -0.05) is 19.0 Å². The Hall–Kier alpha value is -0.810. The molecular weight excluding hydrogens is 288 g/mol. The van der Waals surface area contributed by atoms with Crippen LogP contribution in [0.25, 0.3) is 10.6 Å². The van der Waals surface area contributed by atoms with Gasteiger partial charge < -0.3 is 10.3 Å². The van der Waals surface area contributed by atoms with Crippen LogP contribution in [0.4, 0.5) is 5.82 Å². The second-order valence-corrected chi connectivity index (χ2v) is 6.54. The van der Waals surface area contributed by atoms with Crippen LogP contribution in [0.2, 0.25) is 0 Å². The highest BCUT2D eigenvalue weighted by atomic mass is 79.9. The van der Waals surface area contributed by atoms with Gasteiger partial charge in [-0.25, -0.2) is 0 Å². The largest absolute Gasteiger partial charge is 0.381 e. The molecule has 0 saturated carbocycles. The van der Waals surface area contributed by atoms with Crippen molar-refractivity contribution in [1.29, 1.82) is 0 Å². The summed E-state index contributed by atoms with van der Waals surface area (Å²) in [6.45, 7) is 4.31. The van der Waals surface area contributed by atoms with Crippen molar-refractivity contribution >= 4 is 33.1 Å². The quantitative estimate of drug-likeness (QED) is 0.934. The van der Waals surface area contributed by atoms with Crippen molar-refractivity contribution in [2.45, 2.75) is 20.3 Å². The molecule has 0 aliphatic heterocycles. The number of nitrogens with zero attached hydrogens (tertiary/aromatic N) is 1. The van der Waals surface area contributed by atoms with Crippen LogP contribution in [-0.4, -0.2) is 5.16 Å². The third kappa shape index (κ3) is 2.30. The zero-order valence-corrected chi connectivity index (χ0v) is 11.6. The minimum Gasteiger partial charge on any atom is -0.381 e. The number of aromatic nitrogens is 1. The molecule has 0 bridgehead atoms. The van der Waals surface area contributed by atoms with Gasteiger partial charge in [0.1, 0.15) is 0 Å². The number of hydrogen-bond acceptors (Lipinski definition) is 4. The molecule has 0 aromatic carbocycles. The zero-order chi connectivity index (χ0) is 11.7. The third-order valence-corrected chi connectivity index (χ3v) is 3.85. The van der Waals surface area contributed by atoms with E-state index in [1.54, 1.807) is 11.3 Å². The number of anilines is 1. The fourth-order valence-corrected chi connectivity index (χ4v) is 2.95. The van der Waals surface area contributed by atoms with E-state index in [9.17, 15) is 0 Å². The van der Waals surface area contributed by atoms with E-state index in [0.717, 1.165) is 26.4 Å². The molecule has 0 aliphatic rings. The number of nitrogens with two attached hydrogens (primary N) is 1. The number of thiophene rings is 1. The van der Waals surface area contributed by atoms with Crippen LogP contribution in [0.3, 0.4) is 0 Å². The molecule has 2 rings (SSSR count). The topological polar surface area (TPSA) is 52.0 Å². The fourth-order valence-electron chi connectivity index (χ4n) is 1.56. The molecule has 0 spiro atoms. The first kappa shape index (κ1) is 11.7. The van der Waals surface area contributed by atoms with Crippen LogP contribution in [0.5, 0.6) is 0 Å².